The summed E-state index contributed by atoms with van der Waals surface area (Å²) in [6.45, 7) is 3.66. The van der Waals surface area contributed by atoms with Crippen LogP contribution in [0.2, 0.25) is 0 Å². The number of amides is 1. The molecular formula is C16H30N2O2. The van der Waals surface area contributed by atoms with Gasteiger partial charge in [0.1, 0.15) is 0 Å². The second-order valence-electron chi connectivity index (χ2n) is 6.68. The number of ether oxygens (including phenoxy) is 1. The molecule has 0 bridgehead atoms. The zero-order chi connectivity index (χ0) is 14.5. The average Bonchev–Trinajstić information content (AvgIpc) is 2.46. The summed E-state index contributed by atoms with van der Waals surface area (Å²) in [5.74, 6) is 0.814. The normalized spacial score (nSPS) is 32.6. The number of hydrogen-bond donors (Lipinski definition) is 1. The van der Waals surface area contributed by atoms with Crippen molar-refractivity contribution in [2.75, 3.05) is 20.2 Å². The lowest BCUT2D eigenvalue weighted by Crippen LogP contribution is -2.42. The lowest BCUT2D eigenvalue weighted by molar-refractivity contribution is -0.138. The highest BCUT2D eigenvalue weighted by Crippen LogP contribution is 2.30. The van der Waals surface area contributed by atoms with Gasteiger partial charge in [0.2, 0.25) is 5.91 Å². The maximum Gasteiger partial charge on any atom is 0.225 e. The van der Waals surface area contributed by atoms with Crippen molar-refractivity contribution in [3.8, 4) is 0 Å². The molecule has 1 saturated carbocycles. The van der Waals surface area contributed by atoms with E-state index < -0.39 is 0 Å². The second-order valence-corrected chi connectivity index (χ2v) is 6.68. The molecule has 1 heterocycles. The van der Waals surface area contributed by atoms with Gasteiger partial charge in [-0.3, -0.25) is 4.79 Å². The van der Waals surface area contributed by atoms with Gasteiger partial charge in [-0.15, -0.1) is 0 Å². The van der Waals surface area contributed by atoms with Crippen LogP contribution in [0.15, 0.2) is 0 Å². The molecule has 0 spiro atoms. The first-order valence-electron chi connectivity index (χ1n) is 8.20. The highest BCUT2D eigenvalue weighted by atomic mass is 16.5. The SMILES string of the molecule is CC(C(=O)N(C)CC1CCCCO1)C1CCCC(N)C1. The van der Waals surface area contributed by atoms with Crippen LogP contribution in [0.1, 0.15) is 51.9 Å². The van der Waals surface area contributed by atoms with E-state index in [0.717, 1.165) is 45.3 Å². The molecule has 2 aliphatic rings. The van der Waals surface area contributed by atoms with Crippen molar-refractivity contribution in [3.05, 3.63) is 0 Å². The smallest absolute Gasteiger partial charge is 0.225 e. The summed E-state index contributed by atoms with van der Waals surface area (Å²) in [7, 11) is 1.92. The largest absolute Gasteiger partial charge is 0.376 e. The summed E-state index contributed by atoms with van der Waals surface area (Å²) in [5, 5.41) is 0. The number of nitrogens with two attached hydrogens (primary N) is 1. The standard InChI is InChI=1S/C16H30N2O2/c1-12(13-6-5-7-14(17)10-13)16(19)18(2)11-15-8-3-4-9-20-15/h12-15H,3-11,17H2,1-2H3. The minimum atomic E-state index is 0.0925. The molecule has 0 aromatic rings. The van der Waals surface area contributed by atoms with Gasteiger partial charge in [-0.05, 0) is 44.4 Å². The van der Waals surface area contributed by atoms with Gasteiger partial charge in [0, 0.05) is 32.2 Å². The minimum Gasteiger partial charge on any atom is -0.376 e. The van der Waals surface area contributed by atoms with Crippen LogP contribution in [0.4, 0.5) is 0 Å². The van der Waals surface area contributed by atoms with Gasteiger partial charge in [-0.2, -0.15) is 0 Å². The van der Waals surface area contributed by atoms with Crippen molar-refractivity contribution in [2.45, 2.75) is 64.0 Å². The molecule has 0 aromatic heterocycles. The topological polar surface area (TPSA) is 55.6 Å². The van der Waals surface area contributed by atoms with Crippen LogP contribution in [0.25, 0.3) is 0 Å². The van der Waals surface area contributed by atoms with Crippen molar-refractivity contribution < 1.29 is 9.53 Å². The number of nitrogens with zero attached hydrogens (tertiary/aromatic N) is 1. The van der Waals surface area contributed by atoms with Crippen LogP contribution in [-0.2, 0) is 9.53 Å². The van der Waals surface area contributed by atoms with Crippen molar-refractivity contribution in [3.63, 3.8) is 0 Å². The zero-order valence-corrected chi connectivity index (χ0v) is 13.0. The first kappa shape index (κ1) is 15.8. The van der Waals surface area contributed by atoms with Crippen LogP contribution >= 0.6 is 0 Å². The lowest BCUT2D eigenvalue weighted by atomic mass is 9.78. The van der Waals surface area contributed by atoms with Crippen LogP contribution in [0.3, 0.4) is 0 Å². The van der Waals surface area contributed by atoms with E-state index in [4.69, 9.17) is 10.5 Å². The zero-order valence-electron chi connectivity index (χ0n) is 13.0. The second kappa shape index (κ2) is 7.41. The third kappa shape index (κ3) is 4.19. The number of likely N-dealkylation sites (N-methyl/N-ethyl adjacent to an activating group) is 1. The highest BCUT2D eigenvalue weighted by molar-refractivity contribution is 5.78. The van der Waals surface area contributed by atoms with E-state index in [9.17, 15) is 4.79 Å². The number of hydrogen-bond acceptors (Lipinski definition) is 3. The Labute approximate surface area is 123 Å². The first-order chi connectivity index (χ1) is 9.58. The number of carbonyl (C=O) groups is 1. The average molecular weight is 282 g/mol. The quantitative estimate of drug-likeness (QED) is 0.859. The first-order valence-corrected chi connectivity index (χ1v) is 8.20. The van der Waals surface area contributed by atoms with E-state index in [1.165, 1.54) is 12.8 Å². The fraction of sp³-hybridized carbons (Fsp3) is 0.938. The Morgan fingerprint density at radius 3 is 2.75 bits per heavy atom. The summed E-state index contributed by atoms with van der Waals surface area (Å²) in [5.41, 5.74) is 6.04. The Hall–Kier alpha value is -0.610. The van der Waals surface area contributed by atoms with Crippen LogP contribution in [-0.4, -0.2) is 43.2 Å². The van der Waals surface area contributed by atoms with E-state index in [2.05, 4.69) is 6.92 Å². The summed E-state index contributed by atoms with van der Waals surface area (Å²) in [6.07, 6.45) is 8.13. The van der Waals surface area contributed by atoms with Gasteiger partial charge in [0.15, 0.2) is 0 Å². The molecule has 2 fully saturated rings. The summed E-state index contributed by atoms with van der Waals surface area (Å²) >= 11 is 0. The molecule has 4 unspecified atom stereocenters. The van der Waals surface area contributed by atoms with Crippen molar-refractivity contribution in [2.24, 2.45) is 17.6 Å². The minimum absolute atomic E-state index is 0.0925. The Balaban J connectivity index is 1.82. The van der Waals surface area contributed by atoms with Gasteiger partial charge in [0.05, 0.1) is 6.10 Å². The summed E-state index contributed by atoms with van der Waals surface area (Å²) in [4.78, 5) is 14.4. The van der Waals surface area contributed by atoms with E-state index in [1.54, 1.807) is 0 Å². The molecule has 116 valence electrons. The molecule has 1 aliphatic heterocycles. The van der Waals surface area contributed by atoms with Crippen LogP contribution < -0.4 is 5.73 Å². The van der Waals surface area contributed by atoms with Crippen LogP contribution in [0, 0.1) is 11.8 Å². The predicted octanol–water partition coefficient (Wildman–Crippen LogP) is 2.17. The summed E-state index contributed by atoms with van der Waals surface area (Å²) in [6, 6.07) is 0.288. The van der Waals surface area contributed by atoms with E-state index in [1.807, 2.05) is 11.9 Å². The Morgan fingerprint density at radius 1 is 1.30 bits per heavy atom. The predicted molar refractivity (Wildman–Crippen MR) is 80.3 cm³/mol. The molecular weight excluding hydrogens is 252 g/mol. The van der Waals surface area contributed by atoms with Crippen molar-refractivity contribution in [1.29, 1.82) is 0 Å². The van der Waals surface area contributed by atoms with E-state index in [-0.39, 0.29) is 24.0 Å². The van der Waals surface area contributed by atoms with E-state index in [0.29, 0.717) is 5.92 Å². The molecule has 4 atom stereocenters. The molecule has 1 amide bonds. The van der Waals surface area contributed by atoms with Gasteiger partial charge in [-0.1, -0.05) is 13.3 Å². The molecule has 2 rings (SSSR count). The fourth-order valence-corrected chi connectivity index (χ4v) is 3.62. The Morgan fingerprint density at radius 2 is 2.10 bits per heavy atom. The maximum atomic E-state index is 12.6. The molecule has 4 nitrogen and oxygen atoms in total. The van der Waals surface area contributed by atoms with Gasteiger partial charge < -0.3 is 15.4 Å². The summed E-state index contributed by atoms with van der Waals surface area (Å²) < 4.78 is 5.73. The van der Waals surface area contributed by atoms with E-state index >= 15 is 0 Å². The van der Waals surface area contributed by atoms with Crippen molar-refractivity contribution in [1.82, 2.24) is 4.90 Å². The highest BCUT2D eigenvalue weighted by Gasteiger charge is 2.31. The molecule has 20 heavy (non-hydrogen) atoms. The van der Waals surface area contributed by atoms with Crippen LogP contribution in [0.5, 0.6) is 0 Å². The van der Waals surface area contributed by atoms with Crippen molar-refractivity contribution >= 4 is 5.91 Å². The Kier molecular flexibility index (Phi) is 5.85. The lowest BCUT2D eigenvalue weighted by Gasteiger charge is -2.34. The fourth-order valence-electron chi connectivity index (χ4n) is 3.62. The molecule has 2 N–H and O–H groups in total. The number of carbonyl (C=O) groups excluding carboxylic acids is 1. The molecule has 1 saturated heterocycles. The monoisotopic (exact) mass is 282 g/mol. The third-order valence-corrected chi connectivity index (χ3v) is 4.98. The molecule has 4 heteroatoms. The maximum absolute atomic E-state index is 12.6. The van der Waals surface area contributed by atoms with Gasteiger partial charge in [-0.25, -0.2) is 0 Å². The van der Waals surface area contributed by atoms with Gasteiger partial charge in [0.25, 0.3) is 0 Å². The Bertz CT molecular complexity index is 316. The number of rotatable bonds is 4. The van der Waals surface area contributed by atoms with Gasteiger partial charge >= 0.3 is 0 Å². The molecule has 1 aliphatic carbocycles. The third-order valence-electron chi connectivity index (χ3n) is 4.98. The molecule has 0 aromatic carbocycles. The molecule has 0 radical (unpaired) electrons.